The lowest BCUT2D eigenvalue weighted by Crippen LogP contribution is -2.40. The van der Waals surface area contributed by atoms with E-state index < -0.39 is 0 Å². The van der Waals surface area contributed by atoms with Crippen molar-refractivity contribution in [3.8, 4) is 0 Å². The number of hydrogen-bond donors (Lipinski definition) is 1. The third-order valence-corrected chi connectivity index (χ3v) is 3.62. The summed E-state index contributed by atoms with van der Waals surface area (Å²) in [6.45, 7) is 3.38. The van der Waals surface area contributed by atoms with Gasteiger partial charge in [-0.15, -0.1) is 0 Å². The van der Waals surface area contributed by atoms with Crippen LogP contribution in [0, 0.1) is 0 Å². The molecule has 2 amide bonds. The molecule has 0 fully saturated rings. The molecular weight excluding hydrogens is 302 g/mol. The monoisotopic (exact) mass is 325 g/mol. The first-order chi connectivity index (χ1) is 10.4. The fourth-order valence-corrected chi connectivity index (χ4v) is 2.19. The van der Waals surface area contributed by atoms with Gasteiger partial charge >= 0.3 is 0 Å². The Bertz CT molecular complexity index is 506. The van der Waals surface area contributed by atoms with E-state index in [0.717, 1.165) is 18.5 Å². The van der Waals surface area contributed by atoms with Gasteiger partial charge in [0, 0.05) is 25.0 Å². The van der Waals surface area contributed by atoms with Crippen LogP contribution in [-0.4, -0.2) is 55.3 Å². The number of halogens is 1. The van der Waals surface area contributed by atoms with Gasteiger partial charge in [-0.3, -0.25) is 9.59 Å². The Hall–Kier alpha value is -1.59. The highest BCUT2D eigenvalue weighted by atomic mass is 35.5. The molecule has 0 saturated heterocycles. The highest BCUT2D eigenvalue weighted by molar-refractivity contribution is 6.31. The number of rotatable bonds is 8. The lowest BCUT2D eigenvalue weighted by atomic mass is 10.2. The van der Waals surface area contributed by atoms with Crippen molar-refractivity contribution in [3.63, 3.8) is 0 Å². The first kappa shape index (κ1) is 18.5. The first-order valence-electron chi connectivity index (χ1n) is 7.30. The molecule has 1 aromatic carbocycles. The van der Waals surface area contributed by atoms with Crippen molar-refractivity contribution in [3.05, 3.63) is 34.9 Å². The first-order valence-corrected chi connectivity index (χ1v) is 7.68. The summed E-state index contributed by atoms with van der Waals surface area (Å²) in [5.74, 6) is -0.272. The molecule has 1 N–H and O–H groups in total. The summed E-state index contributed by atoms with van der Waals surface area (Å²) < 4.78 is 0. The highest BCUT2D eigenvalue weighted by Gasteiger charge is 2.13. The summed E-state index contributed by atoms with van der Waals surface area (Å²) in [5.41, 5.74) is 0.861. The molecule has 0 atom stereocenters. The minimum Gasteiger partial charge on any atom is -0.350 e. The van der Waals surface area contributed by atoms with Crippen molar-refractivity contribution in [1.82, 2.24) is 15.1 Å². The molecule has 0 bridgehead atoms. The van der Waals surface area contributed by atoms with Gasteiger partial charge in [-0.25, -0.2) is 0 Å². The van der Waals surface area contributed by atoms with Gasteiger partial charge < -0.3 is 15.1 Å². The van der Waals surface area contributed by atoms with Crippen molar-refractivity contribution in [2.75, 3.05) is 33.7 Å². The Morgan fingerprint density at radius 1 is 1.18 bits per heavy atom. The molecule has 1 aromatic rings. The third-order valence-electron chi connectivity index (χ3n) is 3.25. The fourth-order valence-electron chi connectivity index (χ4n) is 1.99. The zero-order chi connectivity index (χ0) is 16.5. The second kappa shape index (κ2) is 9.43. The molecule has 22 heavy (non-hydrogen) atoms. The van der Waals surface area contributed by atoms with E-state index in [4.69, 9.17) is 11.6 Å². The van der Waals surface area contributed by atoms with Gasteiger partial charge in [0.1, 0.15) is 0 Å². The van der Waals surface area contributed by atoms with Crippen molar-refractivity contribution in [2.24, 2.45) is 0 Å². The normalized spacial score (nSPS) is 10.6. The van der Waals surface area contributed by atoms with E-state index in [-0.39, 0.29) is 18.4 Å². The minimum absolute atomic E-state index is 0.0766. The Morgan fingerprint density at radius 2 is 1.86 bits per heavy atom. The van der Waals surface area contributed by atoms with Crippen LogP contribution >= 0.6 is 11.6 Å². The molecule has 0 aliphatic rings. The van der Waals surface area contributed by atoms with Crippen LogP contribution in [-0.2, 0) is 16.1 Å². The number of nitrogens with zero attached hydrogens (tertiary/aromatic N) is 2. The number of hydrogen-bond acceptors (Lipinski definition) is 3. The number of benzene rings is 1. The predicted molar refractivity (Wildman–Crippen MR) is 88.7 cm³/mol. The predicted octanol–water partition coefficient (Wildman–Crippen LogP) is 1.76. The van der Waals surface area contributed by atoms with Crippen LogP contribution < -0.4 is 5.32 Å². The zero-order valence-electron chi connectivity index (χ0n) is 13.4. The third kappa shape index (κ3) is 6.91. The Kier molecular flexibility index (Phi) is 7.91. The van der Waals surface area contributed by atoms with Gasteiger partial charge in [0.25, 0.3) is 0 Å². The second-order valence-electron chi connectivity index (χ2n) is 5.47. The van der Waals surface area contributed by atoms with Gasteiger partial charge in [-0.1, -0.05) is 29.8 Å². The number of amides is 2. The van der Waals surface area contributed by atoms with E-state index in [2.05, 4.69) is 10.2 Å². The molecule has 0 radical (unpaired) electrons. The molecule has 1 rings (SSSR count). The second-order valence-corrected chi connectivity index (χ2v) is 5.87. The van der Waals surface area contributed by atoms with Crippen molar-refractivity contribution in [2.45, 2.75) is 19.9 Å². The van der Waals surface area contributed by atoms with Gasteiger partial charge in [-0.2, -0.15) is 0 Å². The average Bonchev–Trinajstić information content (AvgIpc) is 2.45. The maximum absolute atomic E-state index is 12.0. The average molecular weight is 326 g/mol. The molecule has 6 heteroatoms. The van der Waals surface area contributed by atoms with Crippen LogP contribution in [0.2, 0.25) is 5.02 Å². The lowest BCUT2D eigenvalue weighted by molar-refractivity contribution is -0.134. The summed E-state index contributed by atoms with van der Waals surface area (Å²) in [6, 6.07) is 7.36. The Morgan fingerprint density at radius 3 is 2.45 bits per heavy atom. The van der Waals surface area contributed by atoms with Crippen LogP contribution in [0.5, 0.6) is 0 Å². The largest absolute Gasteiger partial charge is 0.350 e. The number of carbonyl (C=O) groups is 2. The van der Waals surface area contributed by atoms with Crippen molar-refractivity contribution < 1.29 is 9.59 Å². The maximum atomic E-state index is 12.0. The minimum atomic E-state index is -0.181. The summed E-state index contributed by atoms with van der Waals surface area (Å²) in [7, 11) is 3.96. The van der Waals surface area contributed by atoms with E-state index in [1.165, 1.54) is 6.92 Å². The molecule has 0 unspecified atom stereocenters. The molecule has 0 aliphatic carbocycles. The molecular formula is C16H24ClN3O2. The standard InChI is InChI=1S/C16H24ClN3O2/c1-13(21)20(10-6-9-19(2)3)12-16(22)18-11-14-7-4-5-8-15(14)17/h4-5,7-8H,6,9-12H2,1-3H3,(H,18,22). The molecule has 0 spiro atoms. The van der Waals surface area contributed by atoms with Crippen LogP contribution in [0.15, 0.2) is 24.3 Å². The lowest BCUT2D eigenvalue weighted by Gasteiger charge is -2.21. The summed E-state index contributed by atoms with van der Waals surface area (Å²) >= 11 is 6.04. The highest BCUT2D eigenvalue weighted by Crippen LogP contribution is 2.14. The van der Waals surface area contributed by atoms with E-state index in [9.17, 15) is 9.59 Å². The van der Waals surface area contributed by atoms with Gasteiger partial charge in [0.2, 0.25) is 11.8 Å². The van der Waals surface area contributed by atoms with E-state index in [1.807, 2.05) is 32.3 Å². The van der Waals surface area contributed by atoms with Gasteiger partial charge in [0.05, 0.1) is 6.54 Å². The van der Waals surface area contributed by atoms with Crippen LogP contribution in [0.3, 0.4) is 0 Å². The maximum Gasteiger partial charge on any atom is 0.239 e. The number of nitrogens with one attached hydrogen (secondary N) is 1. The quantitative estimate of drug-likeness (QED) is 0.792. The molecule has 0 aromatic heterocycles. The SMILES string of the molecule is CC(=O)N(CCCN(C)C)CC(=O)NCc1ccccc1Cl. The molecule has 5 nitrogen and oxygen atoms in total. The molecule has 0 heterocycles. The van der Waals surface area contributed by atoms with Crippen LogP contribution in [0.1, 0.15) is 18.9 Å². The van der Waals surface area contributed by atoms with Gasteiger partial charge in [-0.05, 0) is 38.7 Å². The summed E-state index contributed by atoms with van der Waals surface area (Å²) in [6.07, 6.45) is 0.838. The van der Waals surface area contributed by atoms with Crippen LogP contribution in [0.4, 0.5) is 0 Å². The summed E-state index contributed by atoms with van der Waals surface area (Å²) in [4.78, 5) is 27.2. The molecule has 122 valence electrons. The smallest absolute Gasteiger partial charge is 0.239 e. The Balaban J connectivity index is 2.43. The Labute approximate surface area is 137 Å². The topological polar surface area (TPSA) is 52.7 Å². The van der Waals surface area contributed by atoms with Crippen molar-refractivity contribution >= 4 is 23.4 Å². The van der Waals surface area contributed by atoms with Crippen molar-refractivity contribution in [1.29, 1.82) is 0 Å². The molecule has 0 aliphatic heterocycles. The molecule has 0 saturated carbocycles. The zero-order valence-corrected chi connectivity index (χ0v) is 14.2. The van der Waals surface area contributed by atoms with E-state index in [1.54, 1.807) is 11.0 Å². The van der Waals surface area contributed by atoms with Gasteiger partial charge in [0.15, 0.2) is 0 Å². The van der Waals surface area contributed by atoms with Crippen LogP contribution in [0.25, 0.3) is 0 Å². The van der Waals surface area contributed by atoms with E-state index >= 15 is 0 Å². The fraction of sp³-hybridized carbons (Fsp3) is 0.500. The number of carbonyl (C=O) groups excluding carboxylic acids is 2. The van der Waals surface area contributed by atoms with E-state index in [0.29, 0.717) is 18.1 Å². The summed E-state index contributed by atoms with van der Waals surface area (Å²) in [5, 5.41) is 3.42.